The zero-order valence-electron chi connectivity index (χ0n) is 11.8. The number of carbonyl (C=O) groups is 3. The zero-order valence-corrected chi connectivity index (χ0v) is 11.8. The minimum Gasteiger partial charge on any atom is -0.460 e. The number of esters is 1. The van der Waals surface area contributed by atoms with Crippen molar-refractivity contribution in [3.8, 4) is 0 Å². The molecule has 3 amide bonds. The highest BCUT2D eigenvalue weighted by Gasteiger charge is 2.43. The summed E-state index contributed by atoms with van der Waals surface area (Å²) in [7, 11) is 1.52. The van der Waals surface area contributed by atoms with Gasteiger partial charge in [-0.3, -0.25) is 10.1 Å². The monoisotopic (exact) mass is 292 g/mol. The molecule has 0 bridgehead atoms. The summed E-state index contributed by atoms with van der Waals surface area (Å²) in [4.78, 5) is 34.8. The smallest absolute Gasteiger partial charge is 0.338 e. The number of ether oxygens (including phenoxy) is 2. The molecule has 1 heterocycles. The Morgan fingerprint density at radius 1 is 1.19 bits per heavy atom. The minimum absolute atomic E-state index is 0.174. The molecule has 1 aromatic rings. The summed E-state index contributed by atoms with van der Waals surface area (Å²) in [6.45, 7) is 2.10. The lowest BCUT2D eigenvalue weighted by molar-refractivity contribution is -0.123. The third kappa shape index (κ3) is 3.03. The van der Waals surface area contributed by atoms with Gasteiger partial charge >= 0.3 is 12.0 Å². The normalized spacial score (nSPS) is 20.9. The van der Waals surface area contributed by atoms with Crippen molar-refractivity contribution < 1.29 is 23.9 Å². The number of rotatable bonds is 5. The molecule has 21 heavy (non-hydrogen) atoms. The van der Waals surface area contributed by atoms with Crippen LogP contribution in [-0.2, 0) is 19.8 Å². The largest absolute Gasteiger partial charge is 0.460 e. The molecule has 0 unspecified atom stereocenters. The van der Waals surface area contributed by atoms with Crippen molar-refractivity contribution in [3.63, 3.8) is 0 Å². The molecule has 0 saturated carbocycles. The van der Waals surface area contributed by atoms with Crippen LogP contribution >= 0.6 is 0 Å². The maximum atomic E-state index is 11.8. The number of imide groups is 1. The fourth-order valence-corrected chi connectivity index (χ4v) is 1.99. The van der Waals surface area contributed by atoms with E-state index >= 15 is 0 Å². The molecule has 0 aliphatic carbocycles. The lowest BCUT2D eigenvalue weighted by atomic mass is 9.91. The van der Waals surface area contributed by atoms with E-state index in [2.05, 4.69) is 10.6 Å². The molecular weight excluding hydrogens is 276 g/mol. The standard InChI is InChI=1S/C14H16N2O5/c1-14(12(18)15-13(19)16-14)10-5-3-9(4-6-10)11(17)21-8-7-20-2/h3-6H,7-8H2,1-2H3,(H2,15,16,18,19)/t14-/m0/s1. The summed E-state index contributed by atoms with van der Waals surface area (Å²) in [5.74, 6) is -0.897. The zero-order chi connectivity index (χ0) is 15.5. The first-order valence-electron chi connectivity index (χ1n) is 6.37. The molecule has 0 aromatic heterocycles. The topological polar surface area (TPSA) is 93.7 Å². The van der Waals surface area contributed by atoms with Crippen LogP contribution in [0.15, 0.2) is 24.3 Å². The average molecular weight is 292 g/mol. The van der Waals surface area contributed by atoms with E-state index in [1.54, 1.807) is 31.2 Å². The van der Waals surface area contributed by atoms with Crippen molar-refractivity contribution in [2.24, 2.45) is 0 Å². The van der Waals surface area contributed by atoms with Crippen molar-refractivity contribution in [3.05, 3.63) is 35.4 Å². The summed E-state index contributed by atoms with van der Waals surface area (Å²) in [5.41, 5.74) is -0.183. The van der Waals surface area contributed by atoms with Crippen LogP contribution in [0.25, 0.3) is 0 Å². The third-order valence-electron chi connectivity index (χ3n) is 3.26. The summed E-state index contributed by atoms with van der Waals surface area (Å²) >= 11 is 0. The van der Waals surface area contributed by atoms with E-state index in [-0.39, 0.29) is 6.61 Å². The van der Waals surface area contributed by atoms with Gasteiger partial charge in [-0.05, 0) is 24.6 Å². The fourth-order valence-electron chi connectivity index (χ4n) is 1.99. The lowest BCUT2D eigenvalue weighted by Crippen LogP contribution is -2.40. The molecule has 0 spiro atoms. The molecule has 1 aliphatic rings. The van der Waals surface area contributed by atoms with Crippen LogP contribution in [0, 0.1) is 0 Å². The van der Waals surface area contributed by atoms with E-state index in [1.807, 2.05) is 0 Å². The van der Waals surface area contributed by atoms with E-state index in [0.29, 0.717) is 17.7 Å². The first kappa shape index (κ1) is 15.0. The molecule has 2 rings (SSSR count). The molecule has 1 fully saturated rings. The van der Waals surface area contributed by atoms with Crippen LogP contribution in [0.1, 0.15) is 22.8 Å². The molecule has 1 aliphatic heterocycles. The van der Waals surface area contributed by atoms with Gasteiger partial charge in [0, 0.05) is 7.11 Å². The lowest BCUT2D eigenvalue weighted by Gasteiger charge is -2.21. The van der Waals surface area contributed by atoms with Gasteiger partial charge in [0.05, 0.1) is 12.2 Å². The van der Waals surface area contributed by atoms with Gasteiger partial charge in [0.2, 0.25) is 0 Å². The highest BCUT2D eigenvalue weighted by molar-refractivity contribution is 6.07. The molecule has 7 heteroatoms. The minimum atomic E-state index is -1.13. The third-order valence-corrected chi connectivity index (χ3v) is 3.26. The maximum absolute atomic E-state index is 11.8. The van der Waals surface area contributed by atoms with Gasteiger partial charge in [0.15, 0.2) is 0 Å². The Bertz CT molecular complexity index is 569. The van der Waals surface area contributed by atoms with Gasteiger partial charge in [0.1, 0.15) is 12.1 Å². The molecule has 7 nitrogen and oxygen atoms in total. The predicted octanol–water partition coefficient (Wildman–Crippen LogP) is 0.544. The number of hydrogen-bond acceptors (Lipinski definition) is 5. The summed E-state index contributed by atoms with van der Waals surface area (Å²) in [5, 5.41) is 4.74. The van der Waals surface area contributed by atoms with Crippen LogP contribution < -0.4 is 10.6 Å². The van der Waals surface area contributed by atoms with E-state index in [0.717, 1.165) is 0 Å². The van der Waals surface area contributed by atoms with Gasteiger partial charge in [-0.1, -0.05) is 12.1 Å². The quantitative estimate of drug-likeness (QED) is 0.469. The Morgan fingerprint density at radius 3 is 2.38 bits per heavy atom. The van der Waals surface area contributed by atoms with E-state index < -0.39 is 23.4 Å². The van der Waals surface area contributed by atoms with Crippen molar-refractivity contribution >= 4 is 17.9 Å². The Hall–Kier alpha value is -2.41. The Morgan fingerprint density at radius 2 is 1.86 bits per heavy atom. The Labute approximate surface area is 121 Å². The molecule has 0 radical (unpaired) electrons. The summed E-state index contributed by atoms with van der Waals surface area (Å²) in [6, 6.07) is 5.78. The number of nitrogens with one attached hydrogen (secondary N) is 2. The van der Waals surface area contributed by atoms with E-state index in [1.165, 1.54) is 7.11 Å². The highest BCUT2D eigenvalue weighted by Crippen LogP contribution is 2.24. The van der Waals surface area contributed by atoms with Gasteiger partial charge in [0.25, 0.3) is 5.91 Å². The van der Waals surface area contributed by atoms with Crippen LogP contribution in [-0.4, -0.2) is 38.2 Å². The second-order valence-electron chi connectivity index (χ2n) is 4.74. The number of carbonyl (C=O) groups excluding carboxylic acids is 3. The summed E-state index contributed by atoms with van der Waals surface area (Å²) in [6.07, 6.45) is 0. The van der Waals surface area contributed by atoms with Gasteiger partial charge in [-0.25, -0.2) is 9.59 Å². The van der Waals surface area contributed by atoms with E-state index in [4.69, 9.17) is 9.47 Å². The highest BCUT2D eigenvalue weighted by atomic mass is 16.6. The number of amides is 3. The van der Waals surface area contributed by atoms with Gasteiger partial charge in [-0.2, -0.15) is 0 Å². The van der Waals surface area contributed by atoms with Crippen LogP contribution in [0.4, 0.5) is 4.79 Å². The second kappa shape index (κ2) is 5.92. The summed E-state index contributed by atoms with van der Waals surface area (Å²) < 4.78 is 9.77. The molecule has 1 saturated heterocycles. The maximum Gasteiger partial charge on any atom is 0.338 e. The van der Waals surface area contributed by atoms with Gasteiger partial charge < -0.3 is 14.8 Å². The SMILES string of the molecule is COCCOC(=O)c1ccc([C@]2(C)NC(=O)NC2=O)cc1. The van der Waals surface area contributed by atoms with Crippen LogP contribution in [0.3, 0.4) is 0 Å². The Kier molecular flexibility index (Phi) is 4.23. The Balaban J connectivity index is 2.10. The molecular formula is C14H16N2O5. The van der Waals surface area contributed by atoms with Gasteiger partial charge in [-0.15, -0.1) is 0 Å². The van der Waals surface area contributed by atoms with E-state index in [9.17, 15) is 14.4 Å². The van der Waals surface area contributed by atoms with Crippen LogP contribution in [0.2, 0.25) is 0 Å². The first-order valence-corrected chi connectivity index (χ1v) is 6.37. The number of urea groups is 1. The molecule has 2 N–H and O–H groups in total. The van der Waals surface area contributed by atoms with Crippen LogP contribution in [0.5, 0.6) is 0 Å². The second-order valence-corrected chi connectivity index (χ2v) is 4.74. The average Bonchev–Trinajstić information content (AvgIpc) is 2.73. The van der Waals surface area contributed by atoms with Crippen molar-refractivity contribution in [1.29, 1.82) is 0 Å². The molecule has 1 atom stereocenters. The molecule has 1 aromatic carbocycles. The van der Waals surface area contributed by atoms with Crippen molar-refractivity contribution in [2.75, 3.05) is 20.3 Å². The fraction of sp³-hybridized carbons (Fsp3) is 0.357. The predicted molar refractivity (Wildman–Crippen MR) is 72.6 cm³/mol. The number of benzene rings is 1. The first-order chi connectivity index (χ1) is 9.97. The molecule has 112 valence electrons. The number of methoxy groups -OCH3 is 1. The number of hydrogen-bond donors (Lipinski definition) is 2. The van der Waals surface area contributed by atoms with Crippen molar-refractivity contribution in [2.45, 2.75) is 12.5 Å². The van der Waals surface area contributed by atoms with Crippen molar-refractivity contribution in [1.82, 2.24) is 10.6 Å².